The fourth-order valence-electron chi connectivity index (χ4n) is 3.95. The fraction of sp³-hybridized carbons (Fsp3) is 0.450. The lowest BCUT2D eigenvalue weighted by atomic mass is 10.1. The number of tetrazole rings is 1. The molecule has 0 amide bonds. The molecule has 2 aliphatic rings. The Labute approximate surface area is 169 Å². The van der Waals surface area contributed by atoms with Gasteiger partial charge in [-0.3, -0.25) is 0 Å². The van der Waals surface area contributed by atoms with Crippen LogP contribution in [-0.4, -0.2) is 69.6 Å². The van der Waals surface area contributed by atoms with E-state index in [1.54, 1.807) is 0 Å². The van der Waals surface area contributed by atoms with Crippen LogP contribution in [0, 0.1) is 0 Å². The molecule has 3 aromatic rings. The maximum absolute atomic E-state index is 5.47. The van der Waals surface area contributed by atoms with Crippen molar-refractivity contribution in [1.82, 2.24) is 30.2 Å². The number of aromatic nitrogens is 6. The number of piperazine rings is 1. The largest absolute Gasteiger partial charge is 0.381 e. The van der Waals surface area contributed by atoms with E-state index < -0.39 is 0 Å². The smallest absolute Gasteiger partial charge is 0.245 e. The zero-order chi connectivity index (χ0) is 19.5. The number of hydrogen-bond donors (Lipinski definition) is 0. The summed E-state index contributed by atoms with van der Waals surface area (Å²) in [5.74, 6) is 2.58. The lowest BCUT2D eigenvalue weighted by Gasteiger charge is -2.36. The third-order valence-corrected chi connectivity index (χ3v) is 5.57. The van der Waals surface area contributed by atoms with Gasteiger partial charge in [0.15, 0.2) is 5.82 Å². The summed E-state index contributed by atoms with van der Waals surface area (Å²) < 4.78 is 7.46. The molecule has 2 fully saturated rings. The molecule has 1 aromatic carbocycles. The molecular weight excluding hydrogens is 368 g/mol. The highest BCUT2D eigenvalue weighted by Crippen LogP contribution is 2.25. The highest BCUT2D eigenvalue weighted by Gasteiger charge is 2.26. The Kier molecular flexibility index (Phi) is 5.04. The van der Waals surface area contributed by atoms with Gasteiger partial charge in [0.25, 0.3) is 0 Å². The van der Waals surface area contributed by atoms with Crippen LogP contribution in [-0.2, 0) is 4.74 Å². The van der Waals surface area contributed by atoms with Crippen molar-refractivity contribution in [2.75, 3.05) is 49.2 Å². The van der Waals surface area contributed by atoms with E-state index in [0.717, 1.165) is 75.4 Å². The van der Waals surface area contributed by atoms with E-state index in [1.807, 2.05) is 47.3 Å². The predicted octanol–water partition coefficient (Wildman–Crippen LogP) is 1.81. The van der Waals surface area contributed by atoms with Gasteiger partial charge in [-0.25, -0.2) is 14.6 Å². The maximum Gasteiger partial charge on any atom is 0.245 e. The van der Waals surface area contributed by atoms with Gasteiger partial charge in [0.2, 0.25) is 5.95 Å². The first-order valence-electron chi connectivity index (χ1n) is 10.1. The molecule has 0 aliphatic carbocycles. The summed E-state index contributed by atoms with van der Waals surface area (Å²) in [6, 6.07) is 12.4. The van der Waals surface area contributed by atoms with Crippen molar-refractivity contribution in [2.45, 2.75) is 18.9 Å². The molecule has 2 aromatic heterocycles. The van der Waals surface area contributed by atoms with Crippen molar-refractivity contribution in [1.29, 1.82) is 0 Å². The average Bonchev–Trinajstić information content (AvgIpc) is 3.30. The second kappa shape index (κ2) is 8.12. The molecule has 0 spiro atoms. The number of benzene rings is 1. The maximum atomic E-state index is 5.47. The van der Waals surface area contributed by atoms with Crippen molar-refractivity contribution in [3.05, 3.63) is 42.6 Å². The van der Waals surface area contributed by atoms with Crippen molar-refractivity contribution < 1.29 is 4.74 Å². The van der Waals surface area contributed by atoms with Gasteiger partial charge in [-0.1, -0.05) is 35.4 Å². The van der Waals surface area contributed by atoms with E-state index in [-0.39, 0.29) is 0 Å². The molecule has 0 bridgehead atoms. The second-order valence-corrected chi connectivity index (χ2v) is 7.35. The monoisotopic (exact) mass is 392 g/mol. The van der Waals surface area contributed by atoms with Gasteiger partial charge in [0.05, 0.1) is 6.04 Å². The van der Waals surface area contributed by atoms with E-state index in [2.05, 4.69) is 30.3 Å². The van der Waals surface area contributed by atoms with Gasteiger partial charge in [-0.05, 0) is 29.3 Å². The Balaban J connectivity index is 1.28. The molecule has 0 atom stereocenters. The molecule has 9 heteroatoms. The first kappa shape index (κ1) is 18.0. The van der Waals surface area contributed by atoms with Crippen molar-refractivity contribution in [3.63, 3.8) is 0 Å². The van der Waals surface area contributed by atoms with E-state index >= 15 is 0 Å². The average molecular weight is 392 g/mol. The first-order chi connectivity index (χ1) is 14.4. The van der Waals surface area contributed by atoms with Crippen molar-refractivity contribution >= 4 is 11.8 Å². The second-order valence-electron chi connectivity index (χ2n) is 7.35. The number of nitrogens with zero attached hydrogens (tertiary/aromatic N) is 8. The van der Waals surface area contributed by atoms with E-state index in [0.29, 0.717) is 6.04 Å². The Morgan fingerprint density at radius 3 is 2.45 bits per heavy atom. The number of ether oxygens (including phenoxy) is 1. The lowest BCUT2D eigenvalue weighted by molar-refractivity contribution is 0.0660. The van der Waals surface area contributed by atoms with Gasteiger partial charge in [-0.2, -0.15) is 0 Å². The summed E-state index contributed by atoms with van der Waals surface area (Å²) >= 11 is 0. The highest BCUT2D eigenvalue weighted by molar-refractivity contribution is 5.57. The zero-order valence-corrected chi connectivity index (χ0v) is 16.3. The quantitative estimate of drug-likeness (QED) is 0.665. The normalized spacial score (nSPS) is 18.2. The molecule has 0 saturated carbocycles. The molecular formula is C20H24N8O. The van der Waals surface area contributed by atoms with Crippen LogP contribution < -0.4 is 9.80 Å². The molecule has 0 N–H and O–H groups in total. The van der Waals surface area contributed by atoms with Crippen LogP contribution in [0.25, 0.3) is 11.4 Å². The molecule has 2 aliphatic heterocycles. The summed E-state index contributed by atoms with van der Waals surface area (Å²) in [6.45, 7) is 4.99. The van der Waals surface area contributed by atoms with Gasteiger partial charge in [0.1, 0.15) is 5.82 Å². The van der Waals surface area contributed by atoms with Crippen LogP contribution >= 0.6 is 0 Å². The Bertz CT molecular complexity index is 932. The van der Waals surface area contributed by atoms with Crippen LogP contribution in [0.2, 0.25) is 0 Å². The van der Waals surface area contributed by atoms with E-state index in [4.69, 9.17) is 9.72 Å². The van der Waals surface area contributed by atoms with Gasteiger partial charge in [0, 0.05) is 51.2 Å². The number of hydrogen-bond acceptors (Lipinski definition) is 8. The Morgan fingerprint density at radius 1 is 0.897 bits per heavy atom. The van der Waals surface area contributed by atoms with Crippen molar-refractivity contribution in [3.8, 4) is 11.4 Å². The summed E-state index contributed by atoms with van der Waals surface area (Å²) in [5.41, 5.74) is 1.03. The van der Waals surface area contributed by atoms with Crippen LogP contribution in [0.1, 0.15) is 18.9 Å². The fourth-order valence-corrected chi connectivity index (χ4v) is 3.95. The summed E-state index contributed by atoms with van der Waals surface area (Å²) in [7, 11) is 0. The number of anilines is 2. The minimum atomic E-state index is 0.321. The Morgan fingerprint density at radius 2 is 1.66 bits per heavy atom. The molecule has 150 valence electrons. The summed E-state index contributed by atoms with van der Waals surface area (Å²) in [4.78, 5) is 13.8. The van der Waals surface area contributed by atoms with Gasteiger partial charge >= 0.3 is 0 Å². The summed E-state index contributed by atoms with van der Waals surface area (Å²) in [6.07, 6.45) is 3.76. The Hall–Kier alpha value is -3.07. The minimum absolute atomic E-state index is 0.321. The molecule has 4 heterocycles. The van der Waals surface area contributed by atoms with E-state index in [9.17, 15) is 0 Å². The topological polar surface area (TPSA) is 85.1 Å². The first-order valence-corrected chi connectivity index (χ1v) is 10.1. The third kappa shape index (κ3) is 3.77. The molecule has 2 saturated heterocycles. The van der Waals surface area contributed by atoms with Crippen LogP contribution in [0.5, 0.6) is 0 Å². The molecule has 5 rings (SSSR count). The highest BCUT2D eigenvalue weighted by atomic mass is 16.5. The van der Waals surface area contributed by atoms with Crippen LogP contribution in [0.3, 0.4) is 0 Å². The van der Waals surface area contributed by atoms with E-state index in [1.165, 1.54) is 0 Å². The van der Waals surface area contributed by atoms with Gasteiger partial charge < -0.3 is 14.5 Å². The SMILES string of the molecule is c1ccc(-c2nccc(N3CCN(c4nnnn4C4CCOCC4)CC3)n2)cc1. The molecule has 29 heavy (non-hydrogen) atoms. The summed E-state index contributed by atoms with van der Waals surface area (Å²) in [5, 5.41) is 12.5. The molecule has 0 radical (unpaired) electrons. The van der Waals surface area contributed by atoms with Crippen LogP contribution in [0.4, 0.5) is 11.8 Å². The van der Waals surface area contributed by atoms with Crippen molar-refractivity contribution in [2.24, 2.45) is 0 Å². The molecule has 0 unspecified atom stereocenters. The minimum Gasteiger partial charge on any atom is -0.381 e. The predicted molar refractivity (Wildman–Crippen MR) is 109 cm³/mol. The van der Waals surface area contributed by atoms with Gasteiger partial charge in [-0.15, -0.1) is 0 Å². The zero-order valence-electron chi connectivity index (χ0n) is 16.3. The number of rotatable bonds is 4. The van der Waals surface area contributed by atoms with Crippen LogP contribution in [0.15, 0.2) is 42.6 Å². The molecule has 9 nitrogen and oxygen atoms in total. The third-order valence-electron chi connectivity index (χ3n) is 5.57. The standard InChI is InChI=1S/C20H24N8O/c1-2-4-16(5-3-1)19-21-9-6-18(22-19)26-10-12-27(13-11-26)20-23-24-25-28(20)17-7-14-29-15-8-17/h1-6,9,17H,7-8,10-15H2. The lowest BCUT2D eigenvalue weighted by Crippen LogP contribution is -2.48.